The number of anilines is 2. The number of H-pyrrole nitrogens is 2. The minimum absolute atomic E-state index is 0. The number of likely N-dealkylation sites (N-methyl/N-ethyl adjacent to an activating group) is 2. The van der Waals surface area contributed by atoms with E-state index in [-0.39, 0.29) is 55.8 Å². The van der Waals surface area contributed by atoms with Gasteiger partial charge in [-0.3, -0.25) is 15.0 Å². The van der Waals surface area contributed by atoms with E-state index in [1.54, 1.807) is 30.3 Å². The number of fused-ring (bicyclic) bond motifs is 2. The van der Waals surface area contributed by atoms with Gasteiger partial charge in [-0.05, 0) is 85.4 Å². The SMILES string of the molecule is C.CN1CCN(c2n[nH]c3cc(C(=O)NCc4ccc(OC(F)(F)F)cc4)ccc23)CC1.CN1CCN(c2n[nH]c3cc(C(=O)[O-])ccc23)CC1.NCc1ccc(OC(F)(F)F)cc1.[Li+]. The Kier molecular flexibility index (Phi) is 18.1. The predicted octanol–water partition coefficient (Wildman–Crippen LogP) is 2.51. The van der Waals surface area contributed by atoms with E-state index >= 15 is 0 Å². The molecule has 2 saturated heterocycles. The number of nitrogens with zero attached hydrogens (tertiary/aromatic N) is 6. The number of benzene rings is 4. The number of piperazine rings is 2. The number of nitrogens with one attached hydrogen (secondary N) is 3. The zero-order valence-electron chi connectivity index (χ0n) is 35.2. The third kappa shape index (κ3) is 14.8. The van der Waals surface area contributed by atoms with E-state index in [1.165, 1.54) is 48.5 Å². The van der Waals surface area contributed by atoms with Crippen LogP contribution in [0.2, 0.25) is 0 Å². The molecule has 0 unspecified atom stereocenters. The summed E-state index contributed by atoms with van der Waals surface area (Å²) in [6.07, 6.45) is -9.37. The molecule has 6 aromatic rings. The number of aromatic amines is 2. The summed E-state index contributed by atoms with van der Waals surface area (Å²) >= 11 is 0. The van der Waals surface area contributed by atoms with Crippen molar-refractivity contribution in [2.75, 3.05) is 76.3 Å². The van der Waals surface area contributed by atoms with Crippen molar-refractivity contribution in [2.45, 2.75) is 33.2 Å². The van der Waals surface area contributed by atoms with Gasteiger partial charge in [-0.1, -0.05) is 37.8 Å². The van der Waals surface area contributed by atoms with Crippen molar-refractivity contribution in [2.24, 2.45) is 5.73 Å². The molecule has 5 N–H and O–H groups in total. The largest absolute Gasteiger partial charge is 1.00 e. The van der Waals surface area contributed by atoms with Gasteiger partial charge < -0.3 is 50.0 Å². The number of rotatable bonds is 9. The summed E-state index contributed by atoms with van der Waals surface area (Å²) in [6, 6.07) is 21.1. The second-order valence-electron chi connectivity index (χ2n) is 14.8. The van der Waals surface area contributed by atoms with Gasteiger partial charge in [0.15, 0.2) is 11.6 Å². The molecular formula is C43H49F6LiN10O5. The van der Waals surface area contributed by atoms with Crippen LogP contribution in [0.15, 0.2) is 84.9 Å². The van der Waals surface area contributed by atoms with Crippen molar-refractivity contribution in [3.05, 3.63) is 107 Å². The van der Waals surface area contributed by atoms with Crippen LogP contribution in [0.1, 0.15) is 39.3 Å². The van der Waals surface area contributed by atoms with E-state index in [4.69, 9.17) is 5.73 Å². The third-order valence-electron chi connectivity index (χ3n) is 10.2. The fraction of sp³-hybridized carbons (Fsp3) is 0.349. The number of carboxylic acids is 1. The minimum Gasteiger partial charge on any atom is -0.545 e. The molecule has 344 valence electrons. The first-order valence-corrected chi connectivity index (χ1v) is 19.7. The zero-order chi connectivity index (χ0) is 45.3. The Bertz CT molecular complexity index is 2450. The Labute approximate surface area is 383 Å². The molecule has 4 aromatic carbocycles. The summed E-state index contributed by atoms with van der Waals surface area (Å²) in [5, 5.41) is 30.2. The van der Waals surface area contributed by atoms with Crippen molar-refractivity contribution in [3.8, 4) is 11.5 Å². The zero-order valence-corrected chi connectivity index (χ0v) is 35.2. The van der Waals surface area contributed by atoms with E-state index in [0.717, 1.165) is 91.4 Å². The second-order valence-corrected chi connectivity index (χ2v) is 14.8. The number of aromatic carboxylic acids is 1. The van der Waals surface area contributed by atoms with Crippen LogP contribution in [0.5, 0.6) is 11.5 Å². The summed E-state index contributed by atoms with van der Waals surface area (Å²) in [5.41, 5.74) is 8.82. The molecule has 0 bridgehead atoms. The Morgan fingerprint density at radius 3 is 1.46 bits per heavy atom. The summed E-state index contributed by atoms with van der Waals surface area (Å²) in [7, 11) is 4.20. The number of carboxylic acid groups (broad SMARTS) is 1. The molecular weight excluding hydrogens is 857 g/mol. The molecule has 15 nitrogen and oxygen atoms in total. The van der Waals surface area contributed by atoms with Crippen LogP contribution in [0, 0.1) is 0 Å². The van der Waals surface area contributed by atoms with Gasteiger partial charge >= 0.3 is 31.6 Å². The van der Waals surface area contributed by atoms with Crippen molar-refractivity contribution in [1.29, 1.82) is 0 Å². The van der Waals surface area contributed by atoms with Crippen LogP contribution in [0.25, 0.3) is 21.8 Å². The Balaban J connectivity index is 0.000000232. The first kappa shape index (κ1) is 51.6. The van der Waals surface area contributed by atoms with Crippen molar-refractivity contribution in [1.82, 2.24) is 35.5 Å². The van der Waals surface area contributed by atoms with Crippen LogP contribution in [0.3, 0.4) is 0 Å². The number of aromatic nitrogens is 4. The van der Waals surface area contributed by atoms with Crippen LogP contribution < -0.4 is 54.3 Å². The molecule has 2 aliphatic heterocycles. The quantitative estimate of drug-likeness (QED) is 0.123. The molecule has 0 aliphatic carbocycles. The first-order valence-electron chi connectivity index (χ1n) is 19.7. The number of hydrogen-bond acceptors (Lipinski definition) is 12. The second kappa shape index (κ2) is 22.8. The molecule has 4 heterocycles. The number of amides is 1. The molecule has 0 radical (unpaired) electrons. The van der Waals surface area contributed by atoms with Gasteiger partial charge in [0, 0.05) is 81.8 Å². The Hall–Kier alpha value is -5.98. The van der Waals surface area contributed by atoms with Crippen LogP contribution in [0.4, 0.5) is 38.0 Å². The van der Waals surface area contributed by atoms with Gasteiger partial charge in [0.25, 0.3) is 5.91 Å². The summed E-state index contributed by atoms with van der Waals surface area (Å²) in [5.74, 6) is -0.205. The topological polar surface area (TPSA) is 184 Å². The number of ether oxygens (including phenoxy) is 2. The van der Waals surface area contributed by atoms with E-state index in [1.807, 2.05) is 6.07 Å². The van der Waals surface area contributed by atoms with Crippen molar-refractivity contribution < 1.29 is 69.4 Å². The standard InChI is InChI=1S/C21H22F3N5O2.C13H16N4O2.C8H8F3NO.CH4.Li/c1-28-8-10-29(11-9-28)19-17-7-4-15(12-18(17)26-27-19)20(30)25-13-14-2-5-16(6-3-14)31-21(22,23)24;1-16-4-6-17(7-5-16)12-10-3-2-9(13(18)19)8-11(10)14-15-12;9-8(10,11)13-7-3-1-6(5-12)2-4-7;;/h2-7,12H,8-11,13H2,1H3,(H,25,30)(H,26,27);2-3,8H,4-7H2,1H3,(H,14,15)(H,18,19);1-4H,5,12H2;1H4;/q;;;;+1/p-1. The fourth-order valence-electron chi connectivity index (χ4n) is 6.72. The number of hydrogen-bond donors (Lipinski definition) is 4. The maximum Gasteiger partial charge on any atom is 1.00 e. The summed E-state index contributed by atoms with van der Waals surface area (Å²) < 4.78 is 79.2. The number of carbonyl (C=O) groups excluding carboxylic acids is 2. The first-order chi connectivity index (χ1) is 29.9. The molecule has 1 amide bonds. The van der Waals surface area contributed by atoms with Crippen molar-refractivity contribution >= 4 is 45.3 Å². The van der Waals surface area contributed by atoms with Crippen LogP contribution in [-0.4, -0.2) is 121 Å². The molecule has 0 spiro atoms. The van der Waals surface area contributed by atoms with E-state index in [0.29, 0.717) is 17.7 Å². The number of halogens is 6. The third-order valence-corrected chi connectivity index (χ3v) is 10.2. The van der Waals surface area contributed by atoms with Gasteiger partial charge in [-0.2, -0.15) is 10.2 Å². The molecule has 22 heteroatoms. The van der Waals surface area contributed by atoms with Gasteiger partial charge in [0.1, 0.15) is 11.5 Å². The Morgan fingerprint density at radius 2 is 1.06 bits per heavy atom. The molecule has 8 rings (SSSR count). The fourth-order valence-corrected chi connectivity index (χ4v) is 6.72. The van der Waals surface area contributed by atoms with E-state index in [2.05, 4.69) is 68.9 Å². The van der Waals surface area contributed by atoms with Gasteiger partial charge in [-0.15, -0.1) is 26.3 Å². The van der Waals surface area contributed by atoms with E-state index in [9.17, 15) is 41.0 Å². The van der Waals surface area contributed by atoms with Crippen LogP contribution >= 0.6 is 0 Å². The minimum atomic E-state index is -4.73. The predicted molar refractivity (Wildman–Crippen MR) is 228 cm³/mol. The smallest absolute Gasteiger partial charge is 0.545 e. The average Bonchev–Trinajstić information content (AvgIpc) is 3.88. The molecule has 2 aliphatic rings. The normalized spacial score (nSPS) is 14.5. The average molecular weight is 907 g/mol. The van der Waals surface area contributed by atoms with E-state index < -0.39 is 18.7 Å². The molecule has 2 fully saturated rings. The molecule has 65 heavy (non-hydrogen) atoms. The number of nitrogens with two attached hydrogens (primary N) is 1. The van der Waals surface area contributed by atoms with Gasteiger partial charge in [-0.25, -0.2) is 0 Å². The monoisotopic (exact) mass is 906 g/mol. The Morgan fingerprint density at radius 1 is 0.662 bits per heavy atom. The number of carbonyl (C=O) groups is 2. The van der Waals surface area contributed by atoms with Crippen molar-refractivity contribution in [3.63, 3.8) is 0 Å². The maximum absolute atomic E-state index is 12.5. The maximum atomic E-state index is 12.5. The molecule has 0 saturated carbocycles. The summed E-state index contributed by atoms with van der Waals surface area (Å²) in [4.78, 5) is 32.3. The van der Waals surface area contributed by atoms with Gasteiger partial charge in [0.05, 0.1) is 17.0 Å². The number of alkyl halides is 6. The van der Waals surface area contributed by atoms with Gasteiger partial charge in [0.2, 0.25) is 0 Å². The van der Waals surface area contributed by atoms with Crippen LogP contribution in [-0.2, 0) is 13.1 Å². The molecule has 2 aromatic heterocycles. The molecule has 0 atom stereocenters. The summed E-state index contributed by atoms with van der Waals surface area (Å²) in [6.45, 7) is 8.08.